The first kappa shape index (κ1) is 16.3. The van der Waals surface area contributed by atoms with Gasteiger partial charge in [-0.1, -0.05) is 19.9 Å². The summed E-state index contributed by atoms with van der Waals surface area (Å²) in [5.41, 5.74) is 6.37. The van der Waals surface area contributed by atoms with Crippen molar-refractivity contribution in [1.29, 1.82) is 0 Å². The maximum atomic E-state index is 11.7. The Labute approximate surface area is 120 Å². The van der Waals surface area contributed by atoms with Gasteiger partial charge in [-0.05, 0) is 24.5 Å². The molecule has 20 heavy (non-hydrogen) atoms. The lowest BCUT2D eigenvalue weighted by Gasteiger charge is -2.12. The van der Waals surface area contributed by atoms with Crippen molar-refractivity contribution in [2.45, 2.75) is 20.3 Å². The monoisotopic (exact) mass is 281 g/mol. The van der Waals surface area contributed by atoms with Gasteiger partial charge in [0, 0.05) is 12.3 Å². The summed E-state index contributed by atoms with van der Waals surface area (Å²) in [6.07, 6.45) is 1.02. The van der Waals surface area contributed by atoms with E-state index in [-0.39, 0.29) is 5.56 Å². The molecule has 0 aromatic heterocycles. The van der Waals surface area contributed by atoms with E-state index in [9.17, 15) is 4.79 Å². The molecule has 0 heterocycles. The molecule has 0 fully saturated rings. The number of benzene rings is 1. The lowest BCUT2D eigenvalue weighted by molar-refractivity contribution is 0.0591. The number of ether oxygens (including phenoxy) is 3. The number of carbonyl (C=O) groups excluding carboxylic acids is 1. The molecule has 1 aromatic carbocycles. The first-order valence-corrected chi connectivity index (χ1v) is 6.73. The normalized spacial score (nSPS) is 10.6. The van der Waals surface area contributed by atoms with E-state index in [4.69, 9.17) is 19.9 Å². The number of carbonyl (C=O) groups is 1. The SMILES string of the molecule is COC(=O)c1c(N)cccc1OCCOCCC(C)C. The summed E-state index contributed by atoms with van der Waals surface area (Å²) >= 11 is 0. The molecule has 0 aliphatic rings. The summed E-state index contributed by atoms with van der Waals surface area (Å²) in [5, 5.41) is 0. The van der Waals surface area contributed by atoms with Crippen LogP contribution < -0.4 is 10.5 Å². The van der Waals surface area contributed by atoms with Crippen LogP contribution in [0.15, 0.2) is 18.2 Å². The molecule has 0 radical (unpaired) electrons. The van der Waals surface area contributed by atoms with E-state index >= 15 is 0 Å². The Balaban J connectivity index is 2.48. The second-order valence-electron chi connectivity index (χ2n) is 4.86. The molecule has 1 rings (SSSR count). The molecular formula is C15H23NO4. The van der Waals surface area contributed by atoms with E-state index in [1.807, 2.05) is 0 Å². The Morgan fingerprint density at radius 3 is 2.65 bits per heavy atom. The Kier molecular flexibility index (Phi) is 6.87. The zero-order chi connectivity index (χ0) is 15.0. The topological polar surface area (TPSA) is 70.8 Å². The van der Waals surface area contributed by atoms with Gasteiger partial charge in [0.15, 0.2) is 0 Å². The average molecular weight is 281 g/mol. The van der Waals surface area contributed by atoms with Gasteiger partial charge in [-0.3, -0.25) is 0 Å². The van der Waals surface area contributed by atoms with Crippen LogP contribution in [0.25, 0.3) is 0 Å². The molecule has 5 nitrogen and oxygen atoms in total. The van der Waals surface area contributed by atoms with E-state index in [0.717, 1.165) is 6.42 Å². The number of hydrogen-bond acceptors (Lipinski definition) is 5. The maximum Gasteiger partial charge on any atom is 0.343 e. The van der Waals surface area contributed by atoms with Crippen molar-refractivity contribution in [3.05, 3.63) is 23.8 Å². The van der Waals surface area contributed by atoms with Crippen LogP contribution in [-0.2, 0) is 9.47 Å². The zero-order valence-corrected chi connectivity index (χ0v) is 12.3. The number of hydrogen-bond donors (Lipinski definition) is 1. The van der Waals surface area contributed by atoms with E-state index in [2.05, 4.69) is 13.8 Å². The second-order valence-corrected chi connectivity index (χ2v) is 4.86. The molecule has 112 valence electrons. The van der Waals surface area contributed by atoms with Crippen LogP contribution in [0.5, 0.6) is 5.75 Å². The molecule has 0 amide bonds. The molecule has 0 atom stereocenters. The van der Waals surface area contributed by atoms with Crippen LogP contribution in [0, 0.1) is 5.92 Å². The van der Waals surface area contributed by atoms with Gasteiger partial charge in [0.2, 0.25) is 0 Å². The van der Waals surface area contributed by atoms with Crippen molar-refractivity contribution in [3.63, 3.8) is 0 Å². The summed E-state index contributed by atoms with van der Waals surface area (Å²) in [7, 11) is 1.31. The third kappa shape index (κ3) is 5.09. The van der Waals surface area contributed by atoms with Gasteiger partial charge in [-0.2, -0.15) is 0 Å². The predicted molar refractivity (Wildman–Crippen MR) is 78.0 cm³/mol. The van der Waals surface area contributed by atoms with E-state index in [0.29, 0.717) is 37.2 Å². The summed E-state index contributed by atoms with van der Waals surface area (Å²) in [6, 6.07) is 5.06. The average Bonchev–Trinajstić information content (AvgIpc) is 2.41. The summed E-state index contributed by atoms with van der Waals surface area (Å²) < 4.78 is 15.7. The molecule has 0 saturated heterocycles. The summed E-state index contributed by atoms with van der Waals surface area (Å²) in [5.74, 6) is 0.541. The number of nitrogens with two attached hydrogens (primary N) is 1. The molecule has 0 aliphatic carbocycles. The Morgan fingerprint density at radius 2 is 2.00 bits per heavy atom. The minimum atomic E-state index is -0.501. The van der Waals surface area contributed by atoms with Gasteiger partial charge < -0.3 is 19.9 Å². The molecule has 0 bridgehead atoms. The third-order valence-corrected chi connectivity index (χ3v) is 2.77. The minimum absolute atomic E-state index is 0.261. The first-order chi connectivity index (χ1) is 9.56. The van der Waals surface area contributed by atoms with Crippen molar-refractivity contribution >= 4 is 11.7 Å². The van der Waals surface area contributed by atoms with Gasteiger partial charge in [-0.25, -0.2) is 4.79 Å². The van der Waals surface area contributed by atoms with Crippen molar-refractivity contribution in [2.24, 2.45) is 5.92 Å². The number of rotatable bonds is 8. The van der Waals surface area contributed by atoms with Crippen molar-refractivity contribution in [1.82, 2.24) is 0 Å². The second kappa shape index (κ2) is 8.43. The maximum absolute atomic E-state index is 11.7. The molecule has 0 spiro atoms. The van der Waals surface area contributed by atoms with Crippen LogP contribution in [0.2, 0.25) is 0 Å². The molecule has 0 saturated carbocycles. The number of nitrogen functional groups attached to an aromatic ring is 1. The highest BCUT2D eigenvalue weighted by atomic mass is 16.5. The van der Waals surface area contributed by atoms with Gasteiger partial charge in [0.1, 0.15) is 17.9 Å². The third-order valence-electron chi connectivity index (χ3n) is 2.77. The van der Waals surface area contributed by atoms with Gasteiger partial charge in [-0.15, -0.1) is 0 Å². The Bertz CT molecular complexity index is 432. The summed E-state index contributed by atoms with van der Waals surface area (Å²) in [4.78, 5) is 11.7. The highest BCUT2D eigenvalue weighted by Crippen LogP contribution is 2.25. The van der Waals surface area contributed by atoms with E-state index in [1.165, 1.54) is 7.11 Å². The van der Waals surface area contributed by atoms with Gasteiger partial charge in [0.25, 0.3) is 0 Å². The van der Waals surface area contributed by atoms with Gasteiger partial charge in [0.05, 0.1) is 13.7 Å². The molecule has 1 aromatic rings. The van der Waals surface area contributed by atoms with E-state index < -0.39 is 5.97 Å². The molecule has 0 aliphatic heterocycles. The number of esters is 1. The molecule has 5 heteroatoms. The van der Waals surface area contributed by atoms with Crippen molar-refractivity contribution in [3.8, 4) is 5.75 Å². The highest BCUT2D eigenvalue weighted by molar-refractivity contribution is 5.98. The number of methoxy groups -OCH3 is 1. The van der Waals surface area contributed by atoms with Crippen LogP contribution in [0.3, 0.4) is 0 Å². The fourth-order valence-electron chi connectivity index (χ4n) is 1.62. The lowest BCUT2D eigenvalue weighted by atomic mass is 10.1. The first-order valence-electron chi connectivity index (χ1n) is 6.73. The zero-order valence-electron chi connectivity index (χ0n) is 12.3. The van der Waals surface area contributed by atoms with Gasteiger partial charge >= 0.3 is 5.97 Å². The van der Waals surface area contributed by atoms with Crippen molar-refractivity contribution in [2.75, 3.05) is 32.7 Å². The van der Waals surface area contributed by atoms with Crippen LogP contribution >= 0.6 is 0 Å². The smallest absolute Gasteiger partial charge is 0.343 e. The van der Waals surface area contributed by atoms with E-state index in [1.54, 1.807) is 18.2 Å². The standard InChI is InChI=1S/C15H23NO4/c1-11(2)7-8-19-9-10-20-13-6-4-5-12(16)14(13)15(17)18-3/h4-6,11H,7-10,16H2,1-3H3. The Morgan fingerprint density at radius 1 is 1.25 bits per heavy atom. The summed E-state index contributed by atoms with van der Waals surface area (Å²) in [6.45, 7) is 5.85. The highest BCUT2D eigenvalue weighted by Gasteiger charge is 2.16. The van der Waals surface area contributed by atoms with Crippen LogP contribution in [-0.4, -0.2) is 32.9 Å². The van der Waals surface area contributed by atoms with Crippen molar-refractivity contribution < 1.29 is 19.0 Å². The lowest BCUT2D eigenvalue weighted by Crippen LogP contribution is -2.13. The quantitative estimate of drug-likeness (QED) is 0.450. The van der Waals surface area contributed by atoms with Crippen LogP contribution in [0.1, 0.15) is 30.6 Å². The molecular weight excluding hydrogens is 258 g/mol. The minimum Gasteiger partial charge on any atom is -0.490 e. The fraction of sp³-hybridized carbons (Fsp3) is 0.533. The predicted octanol–water partition coefficient (Wildman–Crippen LogP) is 2.50. The largest absolute Gasteiger partial charge is 0.490 e. The Hall–Kier alpha value is -1.75. The van der Waals surface area contributed by atoms with Crippen LogP contribution in [0.4, 0.5) is 5.69 Å². The fourth-order valence-corrected chi connectivity index (χ4v) is 1.62. The number of anilines is 1. The molecule has 2 N–H and O–H groups in total. The molecule has 0 unspecified atom stereocenters.